The lowest BCUT2D eigenvalue weighted by atomic mass is 10.3. The molecular formula is C11H12BrClN4. The fourth-order valence-corrected chi connectivity index (χ4v) is 1.92. The summed E-state index contributed by atoms with van der Waals surface area (Å²) in [5.41, 5.74) is 1.01. The van der Waals surface area contributed by atoms with Crippen LogP contribution in [0.1, 0.15) is 5.56 Å². The molecule has 0 bridgehead atoms. The molecule has 90 valence electrons. The third-order valence-corrected chi connectivity index (χ3v) is 3.06. The van der Waals surface area contributed by atoms with Crippen molar-refractivity contribution in [1.29, 1.82) is 0 Å². The van der Waals surface area contributed by atoms with E-state index in [2.05, 4.69) is 31.3 Å². The smallest absolute Gasteiger partial charge is 0.0632 e. The van der Waals surface area contributed by atoms with Crippen molar-refractivity contribution in [3.05, 3.63) is 45.9 Å². The molecule has 0 fully saturated rings. The molecule has 0 aliphatic heterocycles. The first-order valence-corrected chi connectivity index (χ1v) is 6.40. The van der Waals surface area contributed by atoms with Crippen molar-refractivity contribution in [3.8, 4) is 0 Å². The summed E-state index contributed by atoms with van der Waals surface area (Å²) in [7, 11) is 0. The highest BCUT2D eigenvalue weighted by Gasteiger charge is 1.99. The Bertz CT molecular complexity index is 486. The summed E-state index contributed by atoms with van der Waals surface area (Å²) >= 11 is 9.38. The lowest BCUT2D eigenvalue weighted by Crippen LogP contribution is -2.20. The Kier molecular flexibility index (Phi) is 4.53. The number of nitrogens with zero attached hydrogens (tertiary/aromatic N) is 3. The molecule has 0 aliphatic carbocycles. The van der Waals surface area contributed by atoms with E-state index in [0.29, 0.717) is 0 Å². The molecule has 0 saturated carbocycles. The van der Waals surface area contributed by atoms with Crippen LogP contribution in [0.15, 0.2) is 35.3 Å². The van der Waals surface area contributed by atoms with E-state index in [0.717, 1.165) is 34.7 Å². The summed E-state index contributed by atoms with van der Waals surface area (Å²) in [5.74, 6) is 0. The third-order valence-electron chi connectivity index (χ3n) is 2.28. The first kappa shape index (κ1) is 12.5. The van der Waals surface area contributed by atoms with Crippen LogP contribution in [0.25, 0.3) is 0 Å². The second-order valence-corrected chi connectivity index (χ2v) is 4.89. The maximum Gasteiger partial charge on any atom is 0.0632 e. The summed E-state index contributed by atoms with van der Waals surface area (Å²) < 4.78 is 2.87. The van der Waals surface area contributed by atoms with Gasteiger partial charge in [-0.3, -0.25) is 9.67 Å². The zero-order valence-electron chi connectivity index (χ0n) is 9.11. The number of rotatable bonds is 5. The number of nitrogens with one attached hydrogen (secondary N) is 1. The molecule has 17 heavy (non-hydrogen) atoms. The summed E-state index contributed by atoms with van der Waals surface area (Å²) in [4.78, 5) is 4.04. The zero-order chi connectivity index (χ0) is 12.1. The molecule has 0 spiro atoms. The van der Waals surface area contributed by atoms with E-state index < -0.39 is 0 Å². The third kappa shape index (κ3) is 3.80. The van der Waals surface area contributed by atoms with E-state index in [1.54, 1.807) is 24.7 Å². The van der Waals surface area contributed by atoms with E-state index in [1.807, 2.05) is 10.9 Å². The van der Waals surface area contributed by atoms with E-state index in [9.17, 15) is 0 Å². The van der Waals surface area contributed by atoms with Gasteiger partial charge in [0.2, 0.25) is 0 Å². The lowest BCUT2D eigenvalue weighted by molar-refractivity contribution is 0.554. The summed E-state index contributed by atoms with van der Waals surface area (Å²) in [6.07, 6.45) is 7.18. The van der Waals surface area contributed by atoms with E-state index in [4.69, 9.17) is 11.6 Å². The zero-order valence-corrected chi connectivity index (χ0v) is 11.4. The van der Waals surface area contributed by atoms with E-state index in [-0.39, 0.29) is 0 Å². The van der Waals surface area contributed by atoms with Crippen LogP contribution in [0, 0.1) is 0 Å². The molecule has 0 atom stereocenters. The van der Waals surface area contributed by atoms with Gasteiger partial charge in [-0.15, -0.1) is 0 Å². The molecule has 0 aliphatic rings. The second-order valence-electron chi connectivity index (χ2n) is 3.57. The second kappa shape index (κ2) is 6.14. The Balaban J connectivity index is 1.75. The van der Waals surface area contributed by atoms with Crippen molar-refractivity contribution in [3.63, 3.8) is 0 Å². The monoisotopic (exact) mass is 314 g/mol. The molecule has 2 heterocycles. The minimum atomic E-state index is 0.717. The van der Waals surface area contributed by atoms with Crippen molar-refractivity contribution in [2.24, 2.45) is 0 Å². The van der Waals surface area contributed by atoms with Crippen LogP contribution < -0.4 is 5.32 Å². The molecule has 0 aromatic carbocycles. The molecular weight excluding hydrogens is 304 g/mol. The highest BCUT2D eigenvalue weighted by molar-refractivity contribution is 9.10. The molecule has 4 nitrogen and oxygen atoms in total. The molecule has 2 aromatic rings. The predicted octanol–water partition coefficient (Wildman–Crippen LogP) is 2.48. The van der Waals surface area contributed by atoms with Crippen LogP contribution in [0.4, 0.5) is 0 Å². The van der Waals surface area contributed by atoms with Gasteiger partial charge in [-0.2, -0.15) is 5.10 Å². The van der Waals surface area contributed by atoms with Gasteiger partial charge < -0.3 is 5.32 Å². The van der Waals surface area contributed by atoms with Gasteiger partial charge in [-0.25, -0.2) is 0 Å². The van der Waals surface area contributed by atoms with Gasteiger partial charge in [-0.05, 0) is 22.0 Å². The number of hydrogen-bond acceptors (Lipinski definition) is 3. The standard InChI is InChI=1S/C11H12BrClN4/c12-10-7-16-17(8-10)4-3-15-6-9-5-14-2-1-11(9)13/h1-2,5,7-8,15H,3-4,6H2. The first-order chi connectivity index (χ1) is 8.25. The number of aromatic nitrogens is 3. The van der Waals surface area contributed by atoms with E-state index in [1.165, 1.54) is 0 Å². The van der Waals surface area contributed by atoms with Gasteiger partial charge in [0.05, 0.1) is 17.2 Å². The van der Waals surface area contributed by atoms with Crippen molar-refractivity contribution in [1.82, 2.24) is 20.1 Å². The van der Waals surface area contributed by atoms with Crippen LogP contribution in [0.2, 0.25) is 5.02 Å². The molecule has 2 aromatic heterocycles. The minimum Gasteiger partial charge on any atom is -0.311 e. The fraction of sp³-hybridized carbons (Fsp3) is 0.273. The normalized spacial score (nSPS) is 10.7. The van der Waals surface area contributed by atoms with Crippen molar-refractivity contribution >= 4 is 27.5 Å². The highest BCUT2D eigenvalue weighted by atomic mass is 79.9. The largest absolute Gasteiger partial charge is 0.311 e. The molecule has 0 radical (unpaired) electrons. The van der Waals surface area contributed by atoms with Gasteiger partial charge in [0.1, 0.15) is 0 Å². The molecule has 0 amide bonds. The van der Waals surface area contributed by atoms with Crippen molar-refractivity contribution < 1.29 is 0 Å². The SMILES string of the molecule is Clc1ccncc1CNCCn1cc(Br)cn1. The minimum absolute atomic E-state index is 0.717. The molecule has 0 unspecified atom stereocenters. The molecule has 2 rings (SSSR count). The van der Waals surface area contributed by atoms with Gasteiger partial charge in [-0.1, -0.05) is 11.6 Å². The fourth-order valence-electron chi connectivity index (χ4n) is 1.42. The lowest BCUT2D eigenvalue weighted by Gasteiger charge is -2.06. The number of pyridine rings is 1. The van der Waals surface area contributed by atoms with Crippen LogP contribution in [-0.2, 0) is 13.1 Å². The maximum atomic E-state index is 6.02. The van der Waals surface area contributed by atoms with Gasteiger partial charge >= 0.3 is 0 Å². The first-order valence-electron chi connectivity index (χ1n) is 5.23. The van der Waals surface area contributed by atoms with Crippen molar-refractivity contribution in [2.75, 3.05) is 6.54 Å². The predicted molar refractivity (Wildman–Crippen MR) is 70.9 cm³/mol. The Morgan fingerprint density at radius 1 is 1.41 bits per heavy atom. The average Bonchev–Trinajstić information content (AvgIpc) is 2.73. The van der Waals surface area contributed by atoms with Gasteiger partial charge in [0, 0.05) is 42.3 Å². The Hall–Kier alpha value is -0.910. The quantitative estimate of drug-likeness (QED) is 0.862. The van der Waals surface area contributed by atoms with Crippen molar-refractivity contribution in [2.45, 2.75) is 13.1 Å². The summed E-state index contributed by atoms with van der Waals surface area (Å²) in [6.45, 7) is 2.37. The Morgan fingerprint density at radius 2 is 2.29 bits per heavy atom. The molecule has 6 heteroatoms. The van der Waals surface area contributed by atoms with E-state index >= 15 is 0 Å². The maximum absolute atomic E-state index is 6.02. The van der Waals surface area contributed by atoms with Crippen LogP contribution in [0.5, 0.6) is 0 Å². The van der Waals surface area contributed by atoms with Crippen LogP contribution >= 0.6 is 27.5 Å². The van der Waals surface area contributed by atoms with Crippen LogP contribution in [-0.4, -0.2) is 21.3 Å². The molecule has 0 saturated heterocycles. The van der Waals surface area contributed by atoms with Gasteiger partial charge in [0.15, 0.2) is 0 Å². The molecule has 1 N–H and O–H groups in total. The average molecular weight is 316 g/mol. The van der Waals surface area contributed by atoms with Gasteiger partial charge in [0.25, 0.3) is 0 Å². The topological polar surface area (TPSA) is 42.7 Å². The van der Waals surface area contributed by atoms with Crippen LogP contribution in [0.3, 0.4) is 0 Å². The number of halogens is 2. The highest BCUT2D eigenvalue weighted by Crippen LogP contribution is 2.12. The number of hydrogen-bond donors (Lipinski definition) is 1. The Labute approximate surface area is 113 Å². The summed E-state index contributed by atoms with van der Waals surface area (Å²) in [6, 6.07) is 1.79. The Morgan fingerprint density at radius 3 is 3.00 bits per heavy atom. The summed E-state index contributed by atoms with van der Waals surface area (Å²) in [5, 5.41) is 8.21.